The fraction of sp³-hybridized carbons (Fsp3) is 0.933. The fourth-order valence-electron chi connectivity index (χ4n) is 2.92. The summed E-state index contributed by atoms with van der Waals surface area (Å²) in [5.41, 5.74) is 5.31. The number of nitrogens with zero attached hydrogens (tertiary/aromatic N) is 1. The van der Waals surface area contributed by atoms with E-state index in [1.807, 2.05) is 6.92 Å². The molecule has 0 aromatic heterocycles. The third-order valence-electron chi connectivity index (χ3n) is 3.88. The molecule has 1 rings (SSSR count). The first-order chi connectivity index (χ1) is 9.40. The number of carbonyl (C=O) groups excluding carboxylic acids is 1. The molecule has 3 atom stereocenters. The van der Waals surface area contributed by atoms with E-state index in [4.69, 9.17) is 5.73 Å². The zero-order chi connectivity index (χ0) is 15.1. The van der Waals surface area contributed by atoms with Gasteiger partial charge < -0.3 is 16.2 Å². The molecule has 0 spiro atoms. The lowest BCUT2D eigenvalue weighted by Crippen LogP contribution is -2.52. The van der Waals surface area contributed by atoms with Crippen molar-refractivity contribution in [2.24, 2.45) is 17.6 Å². The van der Waals surface area contributed by atoms with E-state index in [2.05, 4.69) is 24.1 Å². The summed E-state index contributed by atoms with van der Waals surface area (Å²) < 4.78 is 0. The van der Waals surface area contributed by atoms with E-state index in [0.29, 0.717) is 24.4 Å². The SMILES string of the molecule is CCC(O)CC1CC(NCC(C)C)CN(CC(N)=O)C1. The number of rotatable bonds is 8. The lowest BCUT2D eigenvalue weighted by atomic mass is 9.88. The minimum absolute atomic E-state index is 0.237. The minimum atomic E-state index is -0.274. The molecule has 0 aliphatic carbocycles. The monoisotopic (exact) mass is 285 g/mol. The van der Waals surface area contributed by atoms with Gasteiger partial charge in [0.05, 0.1) is 12.6 Å². The van der Waals surface area contributed by atoms with Crippen LogP contribution in [0, 0.1) is 11.8 Å². The second kappa shape index (κ2) is 8.60. The Balaban J connectivity index is 2.54. The molecule has 20 heavy (non-hydrogen) atoms. The summed E-state index contributed by atoms with van der Waals surface area (Å²) >= 11 is 0. The third-order valence-corrected chi connectivity index (χ3v) is 3.88. The number of nitrogens with one attached hydrogen (secondary N) is 1. The Bertz CT molecular complexity index is 297. The second-order valence-corrected chi connectivity index (χ2v) is 6.56. The molecule has 0 saturated carbocycles. The van der Waals surface area contributed by atoms with Gasteiger partial charge >= 0.3 is 0 Å². The van der Waals surface area contributed by atoms with E-state index in [-0.39, 0.29) is 12.0 Å². The van der Waals surface area contributed by atoms with Gasteiger partial charge in [0.15, 0.2) is 0 Å². The van der Waals surface area contributed by atoms with Gasteiger partial charge in [0.25, 0.3) is 0 Å². The first kappa shape index (κ1) is 17.4. The van der Waals surface area contributed by atoms with Crippen LogP contribution in [0.15, 0.2) is 0 Å². The molecule has 1 aliphatic heterocycles. The molecule has 4 N–H and O–H groups in total. The largest absolute Gasteiger partial charge is 0.393 e. The average Bonchev–Trinajstić information content (AvgIpc) is 2.35. The number of hydrogen-bond donors (Lipinski definition) is 3. The van der Waals surface area contributed by atoms with Crippen LogP contribution in [-0.4, -0.2) is 54.2 Å². The molecule has 1 fully saturated rings. The topological polar surface area (TPSA) is 78.6 Å². The van der Waals surface area contributed by atoms with Crippen LogP contribution in [-0.2, 0) is 4.79 Å². The van der Waals surface area contributed by atoms with Gasteiger partial charge in [0.2, 0.25) is 5.91 Å². The van der Waals surface area contributed by atoms with Crippen molar-refractivity contribution in [1.29, 1.82) is 0 Å². The summed E-state index contributed by atoms with van der Waals surface area (Å²) in [5, 5.41) is 13.4. The number of hydrogen-bond acceptors (Lipinski definition) is 4. The number of likely N-dealkylation sites (tertiary alicyclic amines) is 1. The van der Waals surface area contributed by atoms with Gasteiger partial charge in [-0.05, 0) is 37.6 Å². The van der Waals surface area contributed by atoms with Crippen LogP contribution >= 0.6 is 0 Å². The van der Waals surface area contributed by atoms with Crippen LogP contribution in [0.1, 0.15) is 40.0 Å². The zero-order valence-electron chi connectivity index (χ0n) is 13.1. The minimum Gasteiger partial charge on any atom is -0.393 e. The summed E-state index contributed by atoms with van der Waals surface area (Å²) in [7, 11) is 0. The van der Waals surface area contributed by atoms with Crippen LogP contribution in [0.3, 0.4) is 0 Å². The zero-order valence-corrected chi connectivity index (χ0v) is 13.1. The number of carbonyl (C=O) groups is 1. The lowest BCUT2D eigenvalue weighted by Gasteiger charge is -2.38. The highest BCUT2D eigenvalue weighted by molar-refractivity contribution is 5.75. The maximum Gasteiger partial charge on any atom is 0.231 e. The fourth-order valence-corrected chi connectivity index (χ4v) is 2.92. The number of aliphatic hydroxyl groups excluding tert-OH is 1. The van der Waals surface area contributed by atoms with Crippen LogP contribution in [0.25, 0.3) is 0 Å². The number of piperidine rings is 1. The predicted molar refractivity (Wildman–Crippen MR) is 81.3 cm³/mol. The molecule has 0 radical (unpaired) electrons. The van der Waals surface area contributed by atoms with Gasteiger partial charge in [-0.2, -0.15) is 0 Å². The van der Waals surface area contributed by atoms with Gasteiger partial charge in [0, 0.05) is 19.1 Å². The molecule has 1 amide bonds. The van der Waals surface area contributed by atoms with Crippen molar-refractivity contribution in [3.8, 4) is 0 Å². The van der Waals surface area contributed by atoms with Crippen molar-refractivity contribution in [3.63, 3.8) is 0 Å². The van der Waals surface area contributed by atoms with E-state index < -0.39 is 0 Å². The maximum atomic E-state index is 11.1. The van der Waals surface area contributed by atoms with Crippen LogP contribution in [0.5, 0.6) is 0 Å². The van der Waals surface area contributed by atoms with Gasteiger partial charge in [-0.3, -0.25) is 9.69 Å². The van der Waals surface area contributed by atoms with Crippen LogP contribution < -0.4 is 11.1 Å². The maximum absolute atomic E-state index is 11.1. The van der Waals surface area contributed by atoms with Gasteiger partial charge in [0.1, 0.15) is 0 Å². The van der Waals surface area contributed by atoms with Gasteiger partial charge in [-0.1, -0.05) is 20.8 Å². The predicted octanol–water partition coefficient (Wildman–Crippen LogP) is 0.569. The molecule has 1 aliphatic rings. The Labute approximate surface area is 122 Å². The number of amides is 1. The van der Waals surface area contributed by atoms with E-state index in [1.165, 1.54) is 0 Å². The molecule has 5 nitrogen and oxygen atoms in total. The Morgan fingerprint density at radius 1 is 1.45 bits per heavy atom. The summed E-state index contributed by atoms with van der Waals surface area (Å²) in [6, 6.07) is 0.388. The molecular weight excluding hydrogens is 254 g/mol. The van der Waals surface area contributed by atoms with Crippen molar-refractivity contribution in [2.75, 3.05) is 26.2 Å². The highest BCUT2D eigenvalue weighted by atomic mass is 16.3. The third kappa shape index (κ3) is 6.68. The van der Waals surface area contributed by atoms with Crippen LogP contribution in [0.2, 0.25) is 0 Å². The molecule has 1 saturated heterocycles. The van der Waals surface area contributed by atoms with E-state index in [0.717, 1.165) is 38.9 Å². The molecule has 118 valence electrons. The molecule has 0 aromatic carbocycles. The smallest absolute Gasteiger partial charge is 0.231 e. The molecule has 0 bridgehead atoms. The van der Waals surface area contributed by atoms with E-state index in [1.54, 1.807) is 0 Å². The normalized spacial score (nSPS) is 25.9. The summed E-state index contributed by atoms with van der Waals surface area (Å²) in [5.74, 6) is 0.771. The Kier molecular flexibility index (Phi) is 7.48. The Hall–Kier alpha value is -0.650. The van der Waals surface area contributed by atoms with Gasteiger partial charge in [-0.15, -0.1) is 0 Å². The van der Waals surface area contributed by atoms with Crippen molar-refractivity contribution in [2.45, 2.75) is 52.2 Å². The first-order valence-corrected chi connectivity index (χ1v) is 7.82. The molecule has 5 heteroatoms. The Morgan fingerprint density at radius 3 is 2.70 bits per heavy atom. The highest BCUT2D eigenvalue weighted by Crippen LogP contribution is 2.22. The summed E-state index contributed by atoms with van der Waals surface area (Å²) in [4.78, 5) is 13.3. The van der Waals surface area contributed by atoms with E-state index in [9.17, 15) is 9.90 Å². The van der Waals surface area contributed by atoms with Crippen molar-refractivity contribution in [3.05, 3.63) is 0 Å². The van der Waals surface area contributed by atoms with Crippen molar-refractivity contribution < 1.29 is 9.90 Å². The standard InChI is InChI=1S/C15H31N3O2/c1-4-14(19)6-12-5-13(17-7-11(2)3)9-18(8-12)10-15(16)20/h11-14,17,19H,4-10H2,1-3H3,(H2,16,20). The van der Waals surface area contributed by atoms with Crippen molar-refractivity contribution >= 4 is 5.91 Å². The lowest BCUT2D eigenvalue weighted by molar-refractivity contribution is -0.119. The quantitative estimate of drug-likeness (QED) is 0.609. The number of aliphatic hydroxyl groups is 1. The second-order valence-electron chi connectivity index (χ2n) is 6.56. The molecule has 0 aromatic rings. The Morgan fingerprint density at radius 2 is 2.15 bits per heavy atom. The summed E-state index contributed by atoms with van der Waals surface area (Å²) in [6.45, 7) is 9.42. The molecule has 3 unspecified atom stereocenters. The van der Waals surface area contributed by atoms with E-state index >= 15 is 0 Å². The number of nitrogens with two attached hydrogens (primary N) is 1. The molecule has 1 heterocycles. The average molecular weight is 285 g/mol. The van der Waals surface area contributed by atoms with Gasteiger partial charge in [-0.25, -0.2) is 0 Å². The highest BCUT2D eigenvalue weighted by Gasteiger charge is 2.28. The summed E-state index contributed by atoms with van der Waals surface area (Å²) in [6.07, 6.45) is 2.43. The number of primary amides is 1. The van der Waals surface area contributed by atoms with Crippen molar-refractivity contribution in [1.82, 2.24) is 10.2 Å². The first-order valence-electron chi connectivity index (χ1n) is 7.82. The molecular formula is C15H31N3O2. The van der Waals surface area contributed by atoms with Crippen LogP contribution in [0.4, 0.5) is 0 Å².